The molecule has 0 bridgehead atoms. The van der Waals surface area contributed by atoms with E-state index in [0.717, 1.165) is 17.7 Å². The first-order valence-electron chi connectivity index (χ1n) is 9.90. The summed E-state index contributed by atoms with van der Waals surface area (Å²) >= 11 is 1.36. The van der Waals surface area contributed by atoms with Crippen LogP contribution in [0.4, 0.5) is 0 Å². The van der Waals surface area contributed by atoms with E-state index < -0.39 is 6.04 Å². The highest BCUT2D eigenvalue weighted by atomic mass is 32.1. The second-order valence-electron chi connectivity index (χ2n) is 7.47. The summed E-state index contributed by atoms with van der Waals surface area (Å²) in [4.78, 5) is 28.2. The van der Waals surface area contributed by atoms with Crippen molar-refractivity contribution in [3.05, 3.63) is 93.7 Å². The van der Waals surface area contributed by atoms with Crippen molar-refractivity contribution in [2.75, 3.05) is 14.1 Å². The monoisotopic (exact) mass is 421 g/mol. The first-order chi connectivity index (χ1) is 14.5. The third-order valence-corrected chi connectivity index (χ3v) is 5.48. The van der Waals surface area contributed by atoms with E-state index in [1.807, 2.05) is 68.0 Å². The van der Waals surface area contributed by atoms with E-state index in [2.05, 4.69) is 27.7 Å². The minimum Gasteiger partial charge on any atom is -0.350 e. The molecule has 0 fully saturated rings. The summed E-state index contributed by atoms with van der Waals surface area (Å²) in [6.07, 6.45) is 0.435. The molecule has 5 nitrogen and oxygen atoms in total. The average Bonchev–Trinajstić information content (AvgIpc) is 3.27. The van der Waals surface area contributed by atoms with Crippen LogP contribution in [-0.2, 0) is 24.3 Å². The van der Waals surface area contributed by atoms with Gasteiger partial charge in [0.05, 0.1) is 4.88 Å². The van der Waals surface area contributed by atoms with Crippen LogP contribution in [0.1, 0.15) is 26.4 Å². The van der Waals surface area contributed by atoms with Gasteiger partial charge in [0.25, 0.3) is 5.91 Å². The van der Waals surface area contributed by atoms with Crippen LogP contribution >= 0.6 is 11.3 Å². The number of hydrogen-bond acceptors (Lipinski definition) is 4. The number of thiophene rings is 1. The van der Waals surface area contributed by atoms with Crippen molar-refractivity contribution in [3.63, 3.8) is 0 Å². The second-order valence-corrected chi connectivity index (χ2v) is 8.42. The minimum absolute atomic E-state index is 0.193. The maximum atomic E-state index is 13.0. The molecule has 6 heteroatoms. The molecule has 0 radical (unpaired) electrons. The summed E-state index contributed by atoms with van der Waals surface area (Å²) < 4.78 is 0. The summed E-state index contributed by atoms with van der Waals surface area (Å²) in [7, 11) is 4.05. The van der Waals surface area contributed by atoms with Crippen molar-refractivity contribution in [1.82, 2.24) is 15.5 Å². The molecule has 156 valence electrons. The molecule has 1 heterocycles. The van der Waals surface area contributed by atoms with Crippen LogP contribution < -0.4 is 10.6 Å². The van der Waals surface area contributed by atoms with Gasteiger partial charge in [0.1, 0.15) is 6.04 Å². The summed E-state index contributed by atoms with van der Waals surface area (Å²) in [5.74, 6) is -0.421. The van der Waals surface area contributed by atoms with Gasteiger partial charge in [-0.15, -0.1) is 11.3 Å². The van der Waals surface area contributed by atoms with Crippen molar-refractivity contribution < 1.29 is 9.59 Å². The number of carbonyl (C=O) groups is 2. The number of carbonyl (C=O) groups excluding carboxylic acids is 2. The second kappa shape index (κ2) is 10.7. The van der Waals surface area contributed by atoms with E-state index >= 15 is 0 Å². The predicted octanol–water partition coefficient (Wildman–Crippen LogP) is 3.47. The van der Waals surface area contributed by atoms with Gasteiger partial charge in [0.2, 0.25) is 5.91 Å². The lowest BCUT2D eigenvalue weighted by molar-refractivity contribution is -0.123. The lowest BCUT2D eigenvalue weighted by atomic mass is 10.0. The molecule has 0 unspecified atom stereocenters. The van der Waals surface area contributed by atoms with Crippen molar-refractivity contribution in [2.24, 2.45) is 0 Å². The van der Waals surface area contributed by atoms with Crippen LogP contribution in [0.3, 0.4) is 0 Å². The smallest absolute Gasteiger partial charge is 0.262 e. The Labute approximate surface area is 181 Å². The van der Waals surface area contributed by atoms with Gasteiger partial charge in [-0.25, -0.2) is 0 Å². The largest absolute Gasteiger partial charge is 0.350 e. The van der Waals surface area contributed by atoms with Crippen LogP contribution in [0.25, 0.3) is 0 Å². The van der Waals surface area contributed by atoms with Crippen LogP contribution in [0.2, 0.25) is 0 Å². The number of nitrogens with zero attached hydrogens (tertiary/aromatic N) is 1. The van der Waals surface area contributed by atoms with Crippen molar-refractivity contribution in [1.29, 1.82) is 0 Å². The summed E-state index contributed by atoms with van der Waals surface area (Å²) in [6.45, 7) is 1.26. The normalized spacial score (nSPS) is 11.8. The fourth-order valence-corrected chi connectivity index (χ4v) is 3.84. The van der Waals surface area contributed by atoms with E-state index in [1.165, 1.54) is 16.9 Å². The molecule has 0 spiro atoms. The van der Waals surface area contributed by atoms with E-state index in [4.69, 9.17) is 0 Å². The maximum absolute atomic E-state index is 13.0. The van der Waals surface area contributed by atoms with Gasteiger partial charge in [-0.1, -0.05) is 60.7 Å². The average molecular weight is 422 g/mol. The Morgan fingerprint density at radius 3 is 2.37 bits per heavy atom. The van der Waals surface area contributed by atoms with Crippen LogP contribution in [-0.4, -0.2) is 36.9 Å². The summed E-state index contributed by atoms with van der Waals surface area (Å²) in [5.41, 5.74) is 3.22. The van der Waals surface area contributed by atoms with Crippen molar-refractivity contribution >= 4 is 23.2 Å². The zero-order chi connectivity index (χ0) is 21.3. The summed E-state index contributed by atoms with van der Waals surface area (Å²) in [6, 6.07) is 20.8. The fourth-order valence-electron chi connectivity index (χ4n) is 3.21. The van der Waals surface area contributed by atoms with E-state index in [-0.39, 0.29) is 11.8 Å². The molecule has 1 atom stereocenters. The molecule has 0 aliphatic rings. The molecule has 3 rings (SSSR count). The van der Waals surface area contributed by atoms with Gasteiger partial charge in [0.15, 0.2) is 0 Å². The van der Waals surface area contributed by atoms with Crippen molar-refractivity contribution in [3.8, 4) is 0 Å². The molecule has 0 aliphatic heterocycles. The topological polar surface area (TPSA) is 61.4 Å². The van der Waals surface area contributed by atoms with Gasteiger partial charge in [0, 0.05) is 19.5 Å². The lowest BCUT2D eigenvalue weighted by Crippen LogP contribution is -2.47. The maximum Gasteiger partial charge on any atom is 0.262 e. The fraction of sp³-hybridized carbons (Fsp3) is 0.250. The third-order valence-electron chi connectivity index (χ3n) is 4.61. The lowest BCUT2D eigenvalue weighted by Gasteiger charge is -2.19. The van der Waals surface area contributed by atoms with Gasteiger partial charge < -0.3 is 15.5 Å². The Hall–Kier alpha value is -2.96. The number of benzene rings is 2. The Kier molecular flexibility index (Phi) is 7.76. The molecule has 2 N–H and O–H groups in total. The zero-order valence-corrected chi connectivity index (χ0v) is 18.1. The molecule has 0 saturated carbocycles. The summed E-state index contributed by atoms with van der Waals surface area (Å²) in [5, 5.41) is 7.73. The number of nitrogens with one attached hydrogen (secondary N) is 2. The van der Waals surface area contributed by atoms with Crippen LogP contribution in [0.5, 0.6) is 0 Å². The Morgan fingerprint density at radius 1 is 0.933 bits per heavy atom. The number of amides is 2. The number of hydrogen-bond donors (Lipinski definition) is 2. The zero-order valence-electron chi connectivity index (χ0n) is 17.3. The molecule has 30 heavy (non-hydrogen) atoms. The molecule has 0 aliphatic carbocycles. The van der Waals surface area contributed by atoms with Gasteiger partial charge in [-0.2, -0.15) is 0 Å². The van der Waals surface area contributed by atoms with Crippen molar-refractivity contribution in [2.45, 2.75) is 25.6 Å². The molecule has 3 aromatic rings. The predicted molar refractivity (Wildman–Crippen MR) is 121 cm³/mol. The number of rotatable bonds is 9. The van der Waals surface area contributed by atoms with Crippen LogP contribution in [0, 0.1) is 0 Å². The first-order valence-corrected chi connectivity index (χ1v) is 10.8. The SMILES string of the molecule is CN(C)Cc1cccc(CNC(=O)[C@@H](Cc2ccccc2)NC(=O)c2cccs2)c1. The molecular formula is C24H27N3O2S. The molecule has 2 aromatic carbocycles. The van der Waals surface area contributed by atoms with E-state index in [0.29, 0.717) is 17.8 Å². The standard InChI is InChI=1S/C24H27N3O2S/c1-27(2)17-20-11-6-10-19(14-20)16-25-23(28)21(15-18-8-4-3-5-9-18)26-24(29)22-12-7-13-30-22/h3-14,21H,15-17H2,1-2H3,(H,25,28)(H,26,29)/t21-/m1/s1. The van der Waals surface area contributed by atoms with E-state index in [1.54, 1.807) is 6.07 Å². The van der Waals surface area contributed by atoms with Gasteiger partial charge in [-0.3, -0.25) is 9.59 Å². The molecular weight excluding hydrogens is 394 g/mol. The van der Waals surface area contributed by atoms with Gasteiger partial charge >= 0.3 is 0 Å². The molecule has 2 amide bonds. The van der Waals surface area contributed by atoms with Gasteiger partial charge in [-0.05, 0) is 42.2 Å². The molecule has 1 aromatic heterocycles. The Balaban J connectivity index is 1.67. The quantitative estimate of drug-likeness (QED) is 0.556. The Morgan fingerprint density at radius 2 is 1.67 bits per heavy atom. The Bertz CT molecular complexity index is 956. The highest BCUT2D eigenvalue weighted by molar-refractivity contribution is 7.12. The van der Waals surface area contributed by atoms with E-state index in [9.17, 15) is 9.59 Å². The third kappa shape index (κ3) is 6.54. The highest BCUT2D eigenvalue weighted by Gasteiger charge is 2.22. The first kappa shape index (κ1) is 21.7. The van der Waals surface area contributed by atoms with Crippen LogP contribution in [0.15, 0.2) is 72.1 Å². The minimum atomic E-state index is -0.646. The highest BCUT2D eigenvalue weighted by Crippen LogP contribution is 2.11. The molecule has 0 saturated heterocycles.